The van der Waals surface area contributed by atoms with Crippen molar-refractivity contribution in [2.24, 2.45) is 0 Å². The van der Waals surface area contributed by atoms with Gasteiger partial charge < -0.3 is 34.4 Å². The number of thioether (sulfide) groups is 2. The van der Waals surface area contributed by atoms with Gasteiger partial charge in [-0.05, 0) is 26.4 Å². The summed E-state index contributed by atoms with van der Waals surface area (Å²) in [6, 6.07) is 0. The van der Waals surface area contributed by atoms with Crippen molar-refractivity contribution in [2.45, 2.75) is 30.5 Å². The fourth-order valence-corrected chi connectivity index (χ4v) is 3.41. The quantitative estimate of drug-likeness (QED) is 0.101. The summed E-state index contributed by atoms with van der Waals surface area (Å²) < 4.78 is 19.7. The number of carbonyl (C=O) groups is 5. The minimum Gasteiger partial charge on any atom is -0.462 e. The molecule has 0 aliphatic rings. The first kappa shape index (κ1) is 35.4. The molecular weight excluding hydrogens is 580 g/mol. The zero-order valence-corrected chi connectivity index (χ0v) is 25.1. The predicted molar refractivity (Wildman–Crippen MR) is 148 cm³/mol. The Bertz CT molecular complexity index is 1200. The maximum Gasteiger partial charge on any atom is 0.342 e. The van der Waals surface area contributed by atoms with Gasteiger partial charge in [0.25, 0.3) is 11.8 Å². The Kier molecular flexibility index (Phi) is 16.7. The second kappa shape index (κ2) is 19.4. The van der Waals surface area contributed by atoms with Gasteiger partial charge in [0.1, 0.15) is 28.8 Å². The van der Waals surface area contributed by atoms with Gasteiger partial charge in [0, 0.05) is 26.6 Å². The molecule has 2 N–H and O–H groups in total. The molecule has 0 radical (unpaired) electrons. The minimum atomic E-state index is -0.675. The topological polar surface area (TPSA) is 198 Å². The Hall–Kier alpha value is -3.67. The minimum absolute atomic E-state index is 0.0172. The summed E-state index contributed by atoms with van der Waals surface area (Å²) in [5, 5.41) is 5.65. The van der Waals surface area contributed by atoms with Gasteiger partial charge >= 0.3 is 11.9 Å². The van der Waals surface area contributed by atoms with Crippen molar-refractivity contribution in [2.75, 3.05) is 53.0 Å². The van der Waals surface area contributed by atoms with Crippen molar-refractivity contribution in [3.8, 4) is 0 Å². The number of carbonyl (C=O) groups excluding carboxylic acids is 5. The SMILES string of the molecule is CCOC(=O)c1cnc(SC)nc1C(=O)NCC(OC)OC.CCOC(=O)c1cnc(SC)nc1C(=O)NCC=O. The maximum absolute atomic E-state index is 12.2. The third-order valence-electron chi connectivity index (χ3n) is 4.62. The van der Waals surface area contributed by atoms with Gasteiger partial charge in [-0.2, -0.15) is 0 Å². The second-order valence-corrected chi connectivity index (χ2v) is 8.71. The Morgan fingerprint density at radius 1 is 0.829 bits per heavy atom. The van der Waals surface area contributed by atoms with Gasteiger partial charge in [-0.1, -0.05) is 23.5 Å². The molecule has 0 bridgehead atoms. The number of rotatable bonds is 14. The Balaban J connectivity index is 0.000000414. The zero-order valence-electron chi connectivity index (χ0n) is 23.4. The van der Waals surface area contributed by atoms with E-state index in [1.165, 1.54) is 50.1 Å². The lowest BCUT2D eigenvalue weighted by molar-refractivity contribution is -0.107. The van der Waals surface area contributed by atoms with Crippen LogP contribution in [0.5, 0.6) is 0 Å². The van der Waals surface area contributed by atoms with Crippen LogP contribution in [0.4, 0.5) is 0 Å². The van der Waals surface area contributed by atoms with Crippen molar-refractivity contribution in [3.05, 3.63) is 34.9 Å². The highest BCUT2D eigenvalue weighted by Gasteiger charge is 2.23. The van der Waals surface area contributed by atoms with E-state index in [0.29, 0.717) is 16.6 Å². The number of nitrogens with one attached hydrogen (secondary N) is 2. The molecule has 2 heterocycles. The normalized spacial score (nSPS) is 10.2. The van der Waals surface area contributed by atoms with Crippen LogP contribution in [0.1, 0.15) is 55.5 Å². The zero-order chi connectivity index (χ0) is 30.8. The van der Waals surface area contributed by atoms with Gasteiger partial charge in [0.2, 0.25) is 0 Å². The fourth-order valence-electron chi connectivity index (χ4n) is 2.73. The number of ether oxygens (including phenoxy) is 4. The number of esters is 2. The number of aromatic nitrogens is 4. The van der Waals surface area contributed by atoms with Gasteiger partial charge in [0.05, 0.1) is 26.3 Å². The van der Waals surface area contributed by atoms with E-state index >= 15 is 0 Å². The van der Waals surface area contributed by atoms with E-state index in [9.17, 15) is 24.0 Å². The van der Waals surface area contributed by atoms with Gasteiger partial charge in [-0.15, -0.1) is 0 Å². The smallest absolute Gasteiger partial charge is 0.342 e. The molecule has 0 spiro atoms. The largest absolute Gasteiger partial charge is 0.462 e. The summed E-state index contributed by atoms with van der Waals surface area (Å²) in [4.78, 5) is 73.9. The Labute approximate surface area is 245 Å². The summed E-state index contributed by atoms with van der Waals surface area (Å²) in [7, 11) is 2.92. The second-order valence-electron chi connectivity index (χ2n) is 7.17. The monoisotopic (exact) mass is 612 g/mol. The number of hydrogen-bond donors (Lipinski definition) is 2. The first-order valence-corrected chi connectivity index (χ1v) is 14.4. The average molecular weight is 613 g/mol. The lowest BCUT2D eigenvalue weighted by Crippen LogP contribution is -2.35. The lowest BCUT2D eigenvalue weighted by atomic mass is 10.2. The number of hydrogen-bond acceptors (Lipinski definition) is 15. The highest BCUT2D eigenvalue weighted by molar-refractivity contribution is 7.98. The molecule has 17 heteroatoms. The molecule has 0 saturated heterocycles. The fraction of sp³-hybridized carbons (Fsp3) is 0.458. The van der Waals surface area contributed by atoms with E-state index in [-0.39, 0.29) is 48.8 Å². The molecule has 2 amide bonds. The number of nitrogens with zero attached hydrogens (tertiary/aromatic N) is 4. The molecule has 0 aromatic carbocycles. The first-order chi connectivity index (χ1) is 19.7. The molecule has 0 fully saturated rings. The molecule has 2 aromatic rings. The number of amides is 2. The number of aldehydes is 1. The molecule has 0 unspecified atom stereocenters. The van der Waals surface area contributed by atoms with Crippen LogP contribution in [0.2, 0.25) is 0 Å². The molecule has 0 aliphatic heterocycles. The molecule has 0 aliphatic carbocycles. The Morgan fingerprint density at radius 3 is 1.63 bits per heavy atom. The highest BCUT2D eigenvalue weighted by Crippen LogP contribution is 2.14. The standard InChI is InChI=1S/C13H19N3O5S.C11H13N3O4S/c1-5-21-12(18)8-6-15-13(22-4)16-10(8)11(17)14-7-9(19-2)20-3;1-3-18-10(17)7-6-13-11(19-2)14-8(7)9(16)12-4-5-15/h6,9H,5,7H2,1-4H3,(H,14,17);5-6H,3-4H2,1-2H3,(H,12,16). The van der Waals surface area contributed by atoms with Crippen LogP contribution in [0.25, 0.3) is 0 Å². The average Bonchev–Trinajstić information content (AvgIpc) is 3.00. The van der Waals surface area contributed by atoms with Crippen LogP contribution in [0, 0.1) is 0 Å². The van der Waals surface area contributed by atoms with E-state index < -0.39 is 30.0 Å². The third-order valence-corrected chi connectivity index (χ3v) is 5.74. The van der Waals surface area contributed by atoms with Crippen molar-refractivity contribution in [1.29, 1.82) is 0 Å². The van der Waals surface area contributed by atoms with Crippen LogP contribution >= 0.6 is 23.5 Å². The first-order valence-electron chi connectivity index (χ1n) is 11.9. The molecule has 2 aromatic heterocycles. The van der Waals surface area contributed by atoms with Crippen LogP contribution in [-0.2, 0) is 23.7 Å². The molecule has 0 atom stereocenters. The van der Waals surface area contributed by atoms with Gasteiger partial charge in [-0.3, -0.25) is 9.59 Å². The maximum atomic E-state index is 12.2. The van der Waals surface area contributed by atoms with E-state index in [1.807, 2.05) is 0 Å². The van der Waals surface area contributed by atoms with E-state index in [2.05, 4.69) is 30.6 Å². The highest BCUT2D eigenvalue weighted by atomic mass is 32.2. The summed E-state index contributed by atoms with van der Waals surface area (Å²) in [5.41, 5.74) is -0.144. The third kappa shape index (κ3) is 11.4. The Morgan fingerprint density at radius 2 is 1.27 bits per heavy atom. The molecular formula is C24H32N6O9S2. The molecule has 0 saturated carbocycles. The van der Waals surface area contributed by atoms with E-state index in [0.717, 1.165) is 0 Å². The van der Waals surface area contributed by atoms with Gasteiger partial charge in [0.15, 0.2) is 16.6 Å². The predicted octanol–water partition coefficient (Wildman–Crippen LogP) is 1.03. The summed E-state index contributed by atoms with van der Waals surface area (Å²) in [6.07, 6.45) is 6.00. The summed E-state index contributed by atoms with van der Waals surface area (Å²) in [5.74, 6) is -2.46. The summed E-state index contributed by atoms with van der Waals surface area (Å²) >= 11 is 2.50. The van der Waals surface area contributed by atoms with Crippen LogP contribution in [-0.4, -0.2) is 109 Å². The number of methoxy groups -OCH3 is 2. The van der Waals surface area contributed by atoms with Crippen LogP contribution in [0.15, 0.2) is 22.7 Å². The van der Waals surface area contributed by atoms with E-state index in [4.69, 9.17) is 18.9 Å². The molecule has 224 valence electrons. The van der Waals surface area contributed by atoms with Crippen LogP contribution < -0.4 is 10.6 Å². The molecule has 15 nitrogen and oxygen atoms in total. The van der Waals surface area contributed by atoms with Crippen LogP contribution in [0.3, 0.4) is 0 Å². The van der Waals surface area contributed by atoms with Crippen molar-refractivity contribution >= 4 is 53.6 Å². The van der Waals surface area contributed by atoms with E-state index in [1.54, 1.807) is 26.4 Å². The van der Waals surface area contributed by atoms with Crippen molar-refractivity contribution in [1.82, 2.24) is 30.6 Å². The lowest BCUT2D eigenvalue weighted by Gasteiger charge is -2.14. The van der Waals surface area contributed by atoms with Crippen molar-refractivity contribution < 1.29 is 42.9 Å². The van der Waals surface area contributed by atoms with Crippen molar-refractivity contribution in [3.63, 3.8) is 0 Å². The molecule has 41 heavy (non-hydrogen) atoms. The summed E-state index contributed by atoms with van der Waals surface area (Å²) in [6.45, 7) is 3.67. The van der Waals surface area contributed by atoms with Gasteiger partial charge in [-0.25, -0.2) is 29.5 Å². The molecule has 2 rings (SSSR count).